The molecule has 1 amide bonds. The maximum atomic E-state index is 12.3. The van der Waals surface area contributed by atoms with Crippen LogP contribution in [0.5, 0.6) is 5.75 Å². The molecule has 1 aliphatic heterocycles. The third-order valence-electron chi connectivity index (χ3n) is 3.76. The number of hydrogen-bond acceptors (Lipinski definition) is 6. The predicted molar refractivity (Wildman–Crippen MR) is 102 cm³/mol. The molecule has 0 bridgehead atoms. The van der Waals surface area contributed by atoms with Crippen molar-refractivity contribution in [2.75, 3.05) is 25.1 Å². The van der Waals surface area contributed by atoms with E-state index in [4.69, 9.17) is 9.47 Å². The lowest BCUT2D eigenvalue weighted by Gasteiger charge is -2.29. The summed E-state index contributed by atoms with van der Waals surface area (Å²) in [6.45, 7) is 4.27. The SMILES string of the molecule is C[C@H]1OCCN[C@@H]1C(=O)Nc1cccc(OCCn2cncn2)c1.Cl.Cl. The van der Waals surface area contributed by atoms with Crippen LogP contribution in [0.2, 0.25) is 0 Å². The van der Waals surface area contributed by atoms with E-state index in [1.807, 2.05) is 25.1 Å². The molecule has 0 unspecified atom stereocenters. The van der Waals surface area contributed by atoms with Crippen LogP contribution >= 0.6 is 24.8 Å². The number of carbonyl (C=O) groups excluding carboxylic acids is 1. The van der Waals surface area contributed by atoms with Gasteiger partial charge in [-0.05, 0) is 19.1 Å². The number of aromatic nitrogens is 3. The van der Waals surface area contributed by atoms with Gasteiger partial charge in [0.2, 0.25) is 5.91 Å². The van der Waals surface area contributed by atoms with Crippen molar-refractivity contribution in [2.45, 2.75) is 25.6 Å². The third-order valence-corrected chi connectivity index (χ3v) is 3.76. The molecule has 0 radical (unpaired) electrons. The molecule has 1 aromatic carbocycles. The molecule has 1 fully saturated rings. The smallest absolute Gasteiger partial charge is 0.244 e. The number of rotatable bonds is 6. The third kappa shape index (κ3) is 6.14. The molecule has 8 nitrogen and oxygen atoms in total. The van der Waals surface area contributed by atoms with Gasteiger partial charge in [0.05, 0.1) is 19.3 Å². The second kappa shape index (κ2) is 11.0. The van der Waals surface area contributed by atoms with E-state index in [9.17, 15) is 4.79 Å². The van der Waals surface area contributed by atoms with E-state index in [0.717, 1.165) is 0 Å². The molecule has 0 saturated carbocycles. The van der Waals surface area contributed by atoms with Crippen LogP contribution in [0.15, 0.2) is 36.9 Å². The molecule has 1 saturated heterocycles. The van der Waals surface area contributed by atoms with Gasteiger partial charge < -0.3 is 20.1 Å². The molecule has 2 N–H and O–H groups in total. The van der Waals surface area contributed by atoms with E-state index in [-0.39, 0.29) is 42.9 Å². The largest absolute Gasteiger partial charge is 0.492 e. The lowest BCUT2D eigenvalue weighted by atomic mass is 10.1. The van der Waals surface area contributed by atoms with Crippen LogP contribution < -0.4 is 15.4 Å². The number of halogens is 2. The molecular formula is C16H23Cl2N5O3. The fourth-order valence-electron chi connectivity index (χ4n) is 2.52. The van der Waals surface area contributed by atoms with Gasteiger partial charge in [-0.15, -0.1) is 24.8 Å². The van der Waals surface area contributed by atoms with Crippen molar-refractivity contribution in [2.24, 2.45) is 0 Å². The second-order valence-electron chi connectivity index (χ2n) is 5.53. The summed E-state index contributed by atoms with van der Waals surface area (Å²) in [5, 5.41) is 10.1. The quantitative estimate of drug-likeness (QED) is 0.759. The van der Waals surface area contributed by atoms with Crippen LogP contribution in [0, 0.1) is 0 Å². The number of morpholine rings is 1. The van der Waals surface area contributed by atoms with Gasteiger partial charge in [-0.3, -0.25) is 4.79 Å². The summed E-state index contributed by atoms with van der Waals surface area (Å²) in [6.07, 6.45) is 2.97. The Morgan fingerprint density at radius 2 is 2.31 bits per heavy atom. The number of hydrogen-bond donors (Lipinski definition) is 2. The number of nitrogens with zero attached hydrogens (tertiary/aromatic N) is 3. The zero-order chi connectivity index (χ0) is 16.8. The Labute approximate surface area is 164 Å². The van der Waals surface area contributed by atoms with E-state index in [1.165, 1.54) is 6.33 Å². The zero-order valence-corrected chi connectivity index (χ0v) is 16.0. The van der Waals surface area contributed by atoms with Gasteiger partial charge in [0.1, 0.15) is 31.1 Å². The average molecular weight is 404 g/mol. The number of carbonyl (C=O) groups is 1. The Kier molecular flexibility index (Phi) is 9.36. The highest BCUT2D eigenvalue weighted by molar-refractivity contribution is 5.95. The fraction of sp³-hybridized carbons (Fsp3) is 0.438. The molecule has 10 heteroatoms. The first-order chi connectivity index (χ1) is 11.7. The maximum Gasteiger partial charge on any atom is 0.244 e. The highest BCUT2D eigenvalue weighted by atomic mass is 35.5. The molecular weight excluding hydrogens is 381 g/mol. The van der Waals surface area contributed by atoms with Crippen molar-refractivity contribution in [3.05, 3.63) is 36.9 Å². The highest BCUT2D eigenvalue weighted by Crippen LogP contribution is 2.18. The van der Waals surface area contributed by atoms with Gasteiger partial charge in [0, 0.05) is 18.3 Å². The van der Waals surface area contributed by atoms with Crippen molar-refractivity contribution in [1.29, 1.82) is 0 Å². The Bertz CT molecular complexity index is 672. The monoisotopic (exact) mass is 403 g/mol. The first kappa shape index (κ1) is 22.2. The number of anilines is 1. The van der Waals surface area contributed by atoms with Crippen LogP contribution in [-0.4, -0.2) is 52.6 Å². The summed E-state index contributed by atoms with van der Waals surface area (Å²) in [5.41, 5.74) is 0.692. The number of benzene rings is 1. The molecule has 3 rings (SSSR count). The van der Waals surface area contributed by atoms with Crippen LogP contribution in [0.4, 0.5) is 5.69 Å². The van der Waals surface area contributed by atoms with Crippen molar-refractivity contribution in [3.8, 4) is 5.75 Å². The van der Waals surface area contributed by atoms with Gasteiger partial charge in [0.15, 0.2) is 0 Å². The Morgan fingerprint density at radius 3 is 3.04 bits per heavy atom. The van der Waals surface area contributed by atoms with Crippen molar-refractivity contribution in [3.63, 3.8) is 0 Å². The van der Waals surface area contributed by atoms with E-state index < -0.39 is 0 Å². The molecule has 0 aliphatic carbocycles. The minimum absolute atomic E-state index is 0. The fourth-order valence-corrected chi connectivity index (χ4v) is 2.52. The molecule has 1 aliphatic rings. The summed E-state index contributed by atoms with van der Waals surface area (Å²) in [7, 11) is 0. The summed E-state index contributed by atoms with van der Waals surface area (Å²) in [6, 6.07) is 6.97. The van der Waals surface area contributed by atoms with Crippen LogP contribution in [0.25, 0.3) is 0 Å². The Balaban J connectivity index is 0.00000169. The van der Waals surface area contributed by atoms with Crippen molar-refractivity contribution >= 4 is 36.4 Å². The molecule has 144 valence electrons. The normalized spacial score (nSPS) is 19.0. The minimum Gasteiger partial charge on any atom is -0.492 e. The molecule has 2 aromatic rings. The van der Waals surface area contributed by atoms with Gasteiger partial charge in [-0.25, -0.2) is 9.67 Å². The van der Waals surface area contributed by atoms with Crippen molar-refractivity contribution < 1.29 is 14.3 Å². The van der Waals surface area contributed by atoms with Gasteiger partial charge >= 0.3 is 0 Å². The Morgan fingerprint density at radius 1 is 1.46 bits per heavy atom. The molecule has 2 atom stereocenters. The van der Waals surface area contributed by atoms with Crippen LogP contribution in [-0.2, 0) is 16.1 Å². The van der Waals surface area contributed by atoms with E-state index in [0.29, 0.717) is 37.7 Å². The van der Waals surface area contributed by atoms with Crippen LogP contribution in [0.3, 0.4) is 0 Å². The summed E-state index contributed by atoms with van der Waals surface area (Å²) in [5.74, 6) is 0.579. The van der Waals surface area contributed by atoms with Crippen molar-refractivity contribution in [1.82, 2.24) is 20.1 Å². The number of ether oxygens (including phenoxy) is 2. The lowest BCUT2D eigenvalue weighted by molar-refractivity contribution is -0.123. The topological polar surface area (TPSA) is 90.3 Å². The number of amides is 1. The summed E-state index contributed by atoms with van der Waals surface area (Å²) < 4.78 is 12.9. The molecule has 2 heterocycles. The lowest BCUT2D eigenvalue weighted by Crippen LogP contribution is -2.53. The van der Waals surface area contributed by atoms with E-state index in [2.05, 4.69) is 20.7 Å². The van der Waals surface area contributed by atoms with E-state index in [1.54, 1.807) is 17.1 Å². The van der Waals surface area contributed by atoms with Crippen LogP contribution in [0.1, 0.15) is 6.92 Å². The first-order valence-corrected chi connectivity index (χ1v) is 7.93. The van der Waals surface area contributed by atoms with Gasteiger partial charge in [-0.2, -0.15) is 5.10 Å². The number of nitrogens with one attached hydrogen (secondary N) is 2. The molecule has 0 spiro atoms. The summed E-state index contributed by atoms with van der Waals surface area (Å²) in [4.78, 5) is 16.2. The Hall–Kier alpha value is -1.87. The zero-order valence-electron chi connectivity index (χ0n) is 14.3. The molecule has 1 aromatic heterocycles. The summed E-state index contributed by atoms with van der Waals surface area (Å²) >= 11 is 0. The first-order valence-electron chi connectivity index (χ1n) is 7.93. The molecule has 26 heavy (non-hydrogen) atoms. The maximum absolute atomic E-state index is 12.3. The average Bonchev–Trinajstić information content (AvgIpc) is 3.09. The predicted octanol–water partition coefficient (Wildman–Crippen LogP) is 1.52. The second-order valence-corrected chi connectivity index (χ2v) is 5.53. The van der Waals surface area contributed by atoms with E-state index >= 15 is 0 Å². The highest BCUT2D eigenvalue weighted by Gasteiger charge is 2.28. The minimum atomic E-state index is -0.351. The van der Waals surface area contributed by atoms with Gasteiger partial charge in [0.25, 0.3) is 0 Å². The van der Waals surface area contributed by atoms with Gasteiger partial charge in [-0.1, -0.05) is 6.07 Å². The standard InChI is InChI=1S/C16H21N5O3.2ClH/c1-12-15(18-5-7-23-12)16(22)20-13-3-2-4-14(9-13)24-8-6-21-11-17-10-19-21;;/h2-4,9-12,15,18H,5-8H2,1H3,(H,20,22);2*1H/t12-,15+;;/m1../s1.